The number of alkyl halides is 1. The van der Waals surface area contributed by atoms with E-state index in [-0.39, 0.29) is 5.97 Å². The maximum atomic E-state index is 13.3. The van der Waals surface area contributed by atoms with Crippen LogP contribution in [0.5, 0.6) is 0 Å². The first kappa shape index (κ1) is 9.90. The molecule has 0 N–H and O–H groups in total. The molecule has 3 atom stereocenters. The molecule has 0 aromatic rings. The van der Waals surface area contributed by atoms with Crippen molar-refractivity contribution in [3.05, 3.63) is 0 Å². The Labute approximate surface area is 83.2 Å². The zero-order chi connectivity index (χ0) is 10.3. The van der Waals surface area contributed by atoms with Crippen molar-refractivity contribution in [2.75, 3.05) is 20.2 Å². The van der Waals surface area contributed by atoms with Crippen LogP contribution < -0.4 is 0 Å². The summed E-state index contributed by atoms with van der Waals surface area (Å²) in [5.41, 5.74) is -0.645. The van der Waals surface area contributed by atoms with Gasteiger partial charge in [0.1, 0.15) is 11.7 Å². The predicted molar refractivity (Wildman–Crippen MR) is 49.6 cm³/mol. The Kier molecular flexibility index (Phi) is 2.26. The Morgan fingerprint density at radius 2 is 2.21 bits per heavy atom. The molecule has 2 rings (SSSR count). The molecule has 3 nitrogen and oxygen atoms in total. The number of rotatable bonds is 1. The van der Waals surface area contributed by atoms with Crippen molar-refractivity contribution in [1.82, 2.24) is 4.90 Å². The maximum Gasteiger partial charge on any atom is 0.326 e. The molecule has 0 saturated carbocycles. The van der Waals surface area contributed by atoms with Crippen molar-refractivity contribution >= 4 is 5.97 Å². The Hall–Kier alpha value is -0.640. The lowest BCUT2D eigenvalue weighted by atomic mass is 9.90. The fourth-order valence-electron chi connectivity index (χ4n) is 2.94. The molecule has 0 aromatic carbocycles. The highest BCUT2D eigenvalue weighted by Crippen LogP contribution is 2.43. The van der Waals surface area contributed by atoms with Crippen LogP contribution in [0, 0.1) is 5.92 Å². The van der Waals surface area contributed by atoms with Crippen molar-refractivity contribution in [2.45, 2.75) is 31.5 Å². The van der Waals surface area contributed by atoms with Crippen molar-refractivity contribution in [2.24, 2.45) is 5.92 Å². The predicted octanol–water partition coefficient (Wildman–Crippen LogP) is 0.982. The fraction of sp³-hybridized carbons (Fsp3) is 0.900. The zero-order valence-electron chi connectivity index (χ0n) is 8.62. The molecule has 14 heavy (non-hydrogen) atoms. The van der Waals surface area contributed by atoms with E-state index >= 15 is 0 Å². The molecule has 2 aliphatic heterocycles. The van der Waals surface area contributed by atoms with Gasteiger partial charge >= 0.3 is 5.97 Å². The van der Waals surface area contributed by atoms with Gasteiger partial charge in [-0.3, -0.25) is 9.69 Å². The molecule has 0 aliphatic carbocycles. The number of carbonyl (C=O) groups excluding carboxylic acids is 1. The van der Waals surface area contributed by atoms with Crippen LogP contribution in [-0.2, 0) is 9.53 Å². The number of fused-ring (bicyclic) bond motifs is 1. The molecular weight excluding hydrogens is 185 g/mol. The summed E-state index contributed by atoms with van der Waals surface area (Å²) in [5.74, 6) is 0.198. The van der Waals surface area contributed by atoms with E-state index in [9.17, 15) is 9.18 Å². The number of halogens is 1. The molecule has 2 saturated heterocycles. The highest BCUT2D eigenvalue weighted by atomic mass is 19.1. The number of hydrogen-bond donors (Lipinski definition) is 0. The monoisotopic (exact) mass is 201 g/mol. The first-order valence-electron chi connectivity index (χ1n) is 5.06. The molecule has 0 spiro atoms. The van der Waals surface area contributed by atoms with E-state index < -0.39 is 11.7 Å². The average Bonchev–Trinajstić information content (AvgIpc) is 2.55. The standard InChI is InChI=1S/C10H16FNO2/c1-7-3-10(9(13)14-2)4-8(11)6-12(10)5-7/h7-8H,3-6H2,1-2H3/t7?,8-,10-/m1/s1. The lowest BCUT2D eigenvalue weighted by molar-refractivity contribution is -0.151. The number of nitrogens with zero attached hydrogens (tertiary/aromatic N) is 1. The smallest absolute Gasteiger partial charge is 0.326 e. The third kappa shape index (κ3) is 1.24. The second-order valence-corrected chi connectivity index (χ2v) is 4.54. The summed E-state index contributed by atoms with van der Waals surface area (Å²) < 4.78 is 18.1. The van der Waals surface area contributed by atoms with Gasteiger partial charge in [-0.15, -0.1) is 0 Å². The van der Waals surface area contributed by atoms with Crippen LogP contribution in [0.2, 0.25) is 0 Å². The first-order valence-corrected chi connectivity index (χ1v) is 5.06. The summed E-state index contributed by atoms with van der Waals surface area (Å²) in [6.45, 7) is 3.30. The summed E-state index contributed by atoms with van der Waals surface area (Å²) >= 11 is 0. The number of ether oxygens (including phenoxy) is 1. The van der Waals surface area contributed by atoms with Gasteiger partial charge in [0.15, 0.2) is 0 Å². The van der Waals surface area contributed by atoms with Crippen molar-refractivity contribution < 1.29 is 13.9 Å². The highest BCUT2D eigenvalue weighted by Gasteiger charge is 2.56. The molecule has 0 radical (unpaired) electrons. The van der Waals surface area contributed by atoms with Gasteiger partial charge in [0.05, 0.1) is 7.11 Å². The van der Waals surface area contributed by atoms with E-state index in [1.54, 1.807) is 0 Å². The van der Waals surface area contributed by atoms with Crippen LogP contribution in [0.1, 0.15) is 19.8 Å². The lowest BCUT2D eigenvalue weighted by Gasteiger charge is -2.27. The average molecular weight is 201 g/mol. The van der Waals surface area contributed by atoms with Gasteiger partial charge < -0.3 is 4.74 Å². The van der Waals surface area contributed by atoms with Gasteiger partial charge in [-0.1, -0.05) is 6.92 Å². The fourth-order valence-corrected chi connectivity index (χ4v) is 2.94. The number of methoxy groups -OCH3 is 1. The second-order valence-electron chi connectivity index (χ2n) is 4.54. The van der Waals surface area contributed by atoms with Gasteiger partial charge in [0.2, 0.25) is 0 Å². The highest BCUT2D eigenvalue weighted by molar-refractivity contribution is 5.81. The Balaban J connectivity index is 2.24. The number of esters is 1. The molecule has 2 heterocycles. The van der Waals surface area contributed by atoms with E-state index in [1.165, 1.54) is 7.11 Å². The molecule has 80 valence electrons. The minimum Gasteiger partial charge on any atom is -0.468 e. The van der Waals surface area contributed by atoms with Gasteiger partial charge in [-0.05, 0) is 12.3 Å². The van der Waals surface area contributed by atoms with Gasteiger partial charge in [0, 0.05) is 19.5 Å². The van der Waals surface area contributed by atoms with Crippen LogP contribution in [0.3, 0.4) is 0 Å². The Bertz CT molecular complexity index is 243. The quantitative estimate of drug-likeness (QED) is 0.592. The van der Waals surface area contributed by atoms with Gasteiger partial charge in [-0.2, -0.15) is 0 Å². The van der Waals surface area contributed by atoms with Gasteiger partial charge in [0.25, 0.3) is 0 Å². The van der Waals surface area contributed by atoms with Crippen molar-refractivity contribution in [1.29, 1.82) is 0 Å². The summed E-state index contributed by atoms with van der Waals surface area (Å²) in [5, 5.41) is 0. The summed E-state index contributed by atoms with van der Waals surface area (Å²) in [6.07, 6.45) is 0.172. The molecule has 2 fully saturated rings. The van der Waals surface area contributed by atoms with Crippen LogP contribution in [0.25, 0.3) is 0 Å². The normalized spacial score (nSPS) is 42.5. The van der Waals surface area contributed by atoms with E-state index in [4.69, 9.17) is 4.74 Å². The summed E-state index contributed by atoms with van der Waals surface area (Å²) in [7, 11) is 1.38. The number of carbonyl (C=O) groups is 1. The molecule has 4 heteroatoms. The van der Waals surface area contributed by atoms with Crippen LogP contribution in [0.4, 0.5) is 4.39 Å². The van der Waals surface area contributed by atoms with Gasteiger partial charge in [-0.25, -0.2) is 4.39 Å². The van der Waals surface area contributed by atoms with Crippen molar-refractivity contribution in [3.8, 4) is 0 Å². The molecular formula is C10H16FNO2. The molecule has 2 aliphatic rings. The Morgan fingerprint density at radius 1 is 1.50 bits per heavy atom. The number of hydrogen-bond acceptors (Lipinski definition) is 3. The Morgan fingerprint density at radius 3 is 2.86 bits per heavy atom. The SMILES string of the molecule is COC(=O)[C@]12CC(C)CN1C[C@H](F)C2. The van der Waals surface area contributed by atoms with Crippen LogP contribution in [-0.4, -0.2) is 42.8 Å². The van der Waals surface area contributed by atoms with Crippen LogP contribution in [0.15, 0.2) is 0 Å². The topological polar surface area (TPSA) is 29.5 Å². The van der Waals surface area contributed by atoms with E-state index in [2.05, 4.69) is 6.92 Å². The third-order valence-electron chi connectivity index (χ3n) is 3.37. The molecule has 0 aromatic heterocycles. The summed E-state index contributed by atoms with van der Waals surface area (Å²) in [4.78, 5) is 13.6. The molecule has 0 amide bonds. The van der Waals surface area contributed by atoms with E-state index in [0.717, 1.165) is 13.0 Å². The lowest BCUT2D eigenvalue weighted by Crippen LogP contribution is -2.46. The van der Waals surface area contributed by atoms with Crippen LogP contribution >= 0.6 is 0 Å². The zero-order valence-corrected chi connectivity index (χ0v) is 8.62. The second kappa shape index (κ2) is 3.19. The summed E-state index contributed by atoms with van der Waals surface area (Å²) in [6, 6.07) is 0. The minimum atomic E-state index is -0.874. The molecule has 0 bridgehead atoms. The largest absolute Gasteiger partial charge is 0.468 e. The van der Waals surface area contributed by atoms with E-state index in [0.29, 0.717) is 18.9 Å². The first-order chi connectivity index (χ1) is 6.58. The maximum absolute atomic E-state index is 13.3. The minimum absolute atomic E-state index is 0.262. The third-order valence-corrected chi connectivity index (χ3v) is 3.37. The molecule has 1 unspecified atom stereocenters. The van der Waals surface area contributed by atoms with E-state index in [1.807, 2.05) is 4.90 Å². The van der Waals surface area contributed by atoms with Crippen molar-refractivity contribution in [3.63, 3.8) is 0 Å².